The van der Waals surface area contributed by atoms with Gasteiger partial charge in [0.1, 0.15) is 0 Å². The predicted molar refractivity (Wildman–Crippen MR) is 139 cm³/mol. The molecular weight excluding hydrogens is 404 g/mol. The van der Waals surface area contributed by atoms with Crippen molar-refractivity contribution in [1.29, 1.82) is 0 Å². The van der Waals surface area contributed by atoms with Crippen molar-refractivity contribution in [2.45, 2.75) is 125 Å². The molecular formula is C31H54O2. The first-order chi connectivity index (χ1) is 15.2. The van der Waals surface area contributed by atoms with Gasteiger partial charge in [0.2, 0.25) is 0 Å². The van der Waals surface area contributed by atoms with Crippen molar-refractivity contribution in [1.82, 2.24) is 0 Å². The van der Waals surface area contributed by atoms with Gasteiger partial charge in [-0.1, -0.05) is 53.7 Å². The van der Waals surface area contributed by atoms with Crippen LogP contribution in [-0.4, -0.2) is 23.9 Å². The molecule has 1 N–H and O–H groups in total. The van der Waals surface area contributed by atoms with E-state index in [0.717, 1.165) is 30.1 Å². The maximum absolute atomic E-state index is 10.8. The summed E-state index contributed by atoms with van der Waals surface area (Å²) in [5.74, 6) is 3.94. The molecule has 190 valence electrons. The van der Waals surface area contributed by atoms with Gasteiger partial charge in [-0.05, 0) is 123 Å². The Hall–Kier alpha value is -0.340. The third-order valence-electron chi connectivity index (χ3n) is 12.7. The highest BCUT2D eigenvalue weighted by Gasteiger charge is 2.67. The molecule has 2 nitrogen and oxygen atoms in total. The smallest absolute Gasteiger partial charge is 0.0802 e. The highest BCUT2D eigenvalue weighted by Crippen LogP contribution is 2.74. The van der Waals surface area contributed by atoms with E-state index in [9.17, 15) is 5.11 Å². The molecule has 0 radical (unpaired) electrons. The lowest BCUT2D eigenvalue weighted by Gasteiger charge is -2.67. The average Bonchev–Trinajstić information content (AvgIpc) is 3.02. The molecule has 0 aromatic heterocycles. The predicted octanol–water partition coefficient (Wildman–Crippen LogP) is 8.04. The first-order valence-corrected chi connectivity index (χ1v) is 14.1. The molecule has 9 atom stereocenters. The zero-order chi connectivity index (χ0) is 24.4. The summed E-state index contributed by atoms with van der Waals surface area (Å²) in [5.41, 5.74) is 1.24. The van der Waals surface area contributed by atoms with Gasteiger partial charge in [0, 0.05) is 7.11 Å². The Morgan fingerprint density at radius 1 is 0.909 bits per heavy atom. The lowest BCUT2D eigenvalue weighted by Crippen LogP contribution is -2.61. The molecule has 0 aromatic carbocycles. The maximum Gasteiger partial charge on any atom is 0.0802 e. The standard InChI is InChI=1S/C31H54O2/c1-21(11-10-17-27(2,3)33-9)22-14-19-31(8)24-12-13-25-28(4,5)26(32)16-18-29(25,6)23(24)15-20-30(22,31)7/h10,17,21-26,32H,11-16,18-20H2,1-9H3/b17-10+/t21-,22-,23+,24-,25+,26-,29+,30-,31+/m0/s1. The number of aliphatic hydroxyl groups is 1. The molecule has 4 fully saturated rings. The fraction of sp³-hybridized carbons (Fsp3) is 0.935. The number of fused-ring (bicyclic) bond motifs is 5. The number of hydrogen-bond donors (Lipinski definition) is 1. The van der Waals surface area contributed by atoms with Gasteiger partial charge in [-0.2, -0.15) is 0 Å². The minimum Gasteiger partial charge on any atom is -0.393 e. The van der Waals surface area contributed by atoms with Crippen LogP contribution >= 0.6 is 0 Å². The molecule has 0 heterocycles. The third-order valence-corrected chi connectivity index (χ3v) is 12.7. The largest absolute Gasteiger partial charge is 0.393 e. The van der Waals surface area contributed by atoms with Crippen LogP contribution in [0.25, 0.3) is 0 Å². The van der Waals surface area contributed by atoms with Gasteiger partial charge in [0.15, 0.2) is 0 Å². The Labute approximate surface area is 205 Å². The summed E-state index contributed by atoms with van der Waals surface area (Å²) >= 11 is 0. The van der Waals surface area contributed by atoms with Gasteiger partial charge in [0.05, 0.1) is 11.7 Å². The van der Waals surface area contributed by atoms with E-state index >= 15 is 0 Å². The zero-order valence-corrected chi connectivity index (χ0v) is 23.3. The molecule has 0 aliphatic heterocycles. The van der Waals surface area contributed by atoms with E-state index in [1.807, 2.05) is 0 Å². The lowest BCUT2D eigenvalue weighted by atomic mass is 9.38. The molecule has 0 amide bonds. The summed E-state index contributed by atoms with van der Waals surface area (Å²) in [5, 5.41) is 10.8. The highest BCUT2D eigenvalue weighted by atomic mass is 16.5. The fourth-order valence-electron chi connectivity index (χ4n) is 10.3. The monoisotopic (exact) mass is 458 g/mol. The number of hydrogen-bond acceptors (Lipinski definition) is 2. The second kappa shape index (κ2) is 8.36. The number of ether oxygens (including phenoxy) is 1. The van der Waals surface area contributed by atoms with Gasteiger partial charge in [-0.3, -0.25) is 0 Å². The molecule has 4 aliphatic carbocycles. The number of methoxy groups -OCH3 is 1. The van der Waals surface area contributed by atoms with Gasteiger partial charge in [-0.25, -0.2) is 0 Å². The van der Waals surface area contributed by atoms with Crippen LogP contribution in [0.5, 0.6) is 0 Å². The topological polar surface area (TPSA) is 29.5 Å². The van der Waals surface area contributed by atoms with Crippen LogP contribution in [0.15, 0.2) is 12.2 Å². The van der Waals surface area contributed by atoms with Crippen LogP contribution in [0.1, 0.15) is 113 Å². The number of rotatable bonds is 5. The Bertz CT molecular complexity index is 752. The van der Waals surface area contributed by atoms with Gasteiger partial charge >= 0.3 is 0 Å². The van der Waals surface area contributed by atoms with E-state index < -0.39 is 0 Å². The van der Waals surface area contributed by atoms with Crippen molar-refractivity contribution in [3.05, 3.63) is 12.2 Å². The molecule has 33 heavy (non-hydrogen) atoms. The van der Waals surface area contributed by atoms with Gasteiger partial charge in [-0.15, -0.1) is 0 Å². The van der Waals surface area contributed by atoms with Crippen LogP contribution < -0.4 is 0 Å². The molecule has 4 aliphatic rings. The van der Waals surface area contributed by atoms with Gasteiger partial charge in [0.25, 0.3) is 0 Å². The van der Waals surface area contributed by atoms with Crippen LogP contribution in [-0.2, 0) is 4.74 Å². The normalized spacial score (nSPS) is 48.2. The van der Waals surface area contributed by atoms with Crippen molar-refractivity contribution in [2.24, 2.45) is 51.2 Å². The molecule has 4 rings (SSSR count). The van der Waals surface area contributed by atoms with E-state index in [4.69, 9.17) is 4.74 Å². The highest BCUT2D eigenvalue weighted by molar-refractivity contribution is 5.16. The van der Waals surface area contributed by atoms with E-state index in [-0.39, 0.29) is 17.1 Å². The van der Waals surface area contributed by atoms with Crippen LogP contribution in [0.4, 0.5) is 0 Å². The van der Waals surface area contributed by atoms with Crippen molar-refractivity contribution in [2.75, 3.05) is 7.11 Å². The van der Waals surface area contributed by atoms with Crippen LogP contribution in [0.2, 0.25) is 0 Å². The first-order valence-electron chi connectivity index (χ1n) is 14.1. The number of aliphatic hydroxyl groups excluding tert-OH is 1. The van der Waals surface area contributed by atoms with E-state index in [0.29, 0.717) is 22.2 Å². The fourth-order valence-corrected chi connectivity index (χ4v) is 10.3. The average molecular weight is 459 g/mol. The summed E-state index contributed by atoms with van der Waals surface area (Å²) < 4.78 is 5.60. The summed E-state index contributed by atoms with van der Waals surface area (Å²) in [4.78, 5) is 0. The number of allylic oxidation sites excluding steroid dienone is 1. The zero-order valence-electron chi connectivity index (χ0n) is 23.3. The Morgan fingerprint density at radius 2 is 1.58 bits per heavy atom. The summed E-state index contributed by atoms with van der Waals surface area (Å²) in [7, 11) is 1.80. The second-order valence-corrected chi connectivity index (χ2v) is 14.7. The third kappa shape index (κ3) is 3.80. The second-order valence-electron chi connectivity index (χ2n) is 14.7. The Kier molecular flexibility index (Phi) is 6.52. The molecule has 0 saturated heterocycles. The van der Waals surface area contributed by atoms with Crippen molar-refractivity contribution in [3.8, 4) is 0 Å². The van der Waals surface area contributed by atoms with Crippen molar-refractivity contribution >= 4 is 0 Å². The summed E-state index contributed by atoms with van der Waals surface area (Å²) in [6.07, 6.45) is 16.3. The van der Waals surface area contributed by atoms with Gasteiger partial charge < -0.3 is 9.84 Å². The molecule has 0 unspecified atom stereocenters. The molecule has 4 saturated carbocycles. The van der Waals surface area contributed by atoms with E-state index in [1.165, 1.54) is 51.4 Å². The quantitative estimate of drug-likeness (QED) is 0.422. The van der Waals surface area contributed by atoms with Crippen molar-refractivity contribution in [3.63, 3.8) is 0 Å². The minimum absolute atomic E-state index is 0.0642. The maximum atomic E-state index is 10.8. The molecule has 0 bridgehead atoms. The lowest BCUT2D eigenvalue weighted by molar-refractivity contribution is -0.200. The van der Waals surface area contributed by atoms with E-state index in [2.05, 4.69) is 67.5 Å². The Balaban J connectivity index is 1.55. The SMILES string of the molecule is COC(C)(C)/C=C/C[C@H](C)[C@@H]1CC[C@]2(C)[C@H]3CC[C@@H]4C(C)(C)[C@@H](O)CC[C@]4(C)[C@@H]3CC[C@@]12C. The Morgan fingerprint density at radius 3 is 2.24 bits per heavy atom. The summed E-state index contributed by atoms with van der Waals surface area (Å²) in [6, 6.07) is 0. The van der Waals surface area contributed by atoms with E-state index in [1.54, 1.807) is 7.11 Å². The van der Waals surface area contributed by atoms with Crippen LogP contribution in [0, 0.1) is 51.2 Å². The minimum atomic E-state index is -0.165. The van der Waals surface area contributed by atoms with Crippen molar-refractivity contribution < 1.29 is 9.84 Å². The molecule has 2 heteroatoms. The first kappa shape index (κ1) is 25.7. The molecule has 0 aromatic rings. The molecule has 0 spiro atoms. The summed E-state index contributed by atoms with van der Waals surface area (Å²) in [6.45, 7) is 19.5. The van der Waals surface area contributed by atoms with Crippen LogP contribution in [0.3, 0.4) is 0 Å².